The van der Waals surface area contributed by atoms with Crippen molar-refractivity contribution in [3.63, 3.8) is 0 Å². The largest absolute Gasteiger partial charge is 0.317 e. The fraction of sp³-hybridized carbons (Fsp3) is 0.917. The lowest BCUT2D eigenvalue weighted by atomic mass is 10.2. The van der Waals surface area contributed by atoms with Crippen LogP contribution in [0.25, 0.3) is 0 Å². The Morgan fingerprint density at radius 2 is 1.73 bits per heavy atom. The molecule has 1 N–H and O–H groups in total. The Bertz CT molecular complexity index is 159. The van der Waals surface area contributed by atoms with Gasteiger partial charge in [0, 0.05) is 6.42 Å². The van der Waals surface area contributed by atoms with Crippen molar-refractivity contribution < 1.29 is 0 Å². The standard InChI is InChI=1S/C12H25N3/c1-3-15(4-2)12-8-11-14-10-7-5-6-9-13/h14H,3-8,10-12H2,1-2H3. The highest BCUT2D eigenvalue weighted by Gasteiger charge is 1.97. The summed E-state index contributed by atoms with van der Waals surface area (Å²) in [5.41, 5.74) is 0. The molecule has 0 aliphatic heterocycles. The van der Waals surface area contributed by atoms with Crippen LogP contribution in [0.2, 0.25) is 0 Å². The summed E-state index contributed by atoms with van der Waals surface area (Å²) in [6.45, 7) is 10.1. The summed E-state index contributed by atoms with van der Waals surface area (Å²) >= 11 is 0. The fourth-order valence-corrected chi connectivity index (χ4v) is 1.55. The minimum atomic E-state index is 0.696. The number of hydrogen-bond acceptors (Lipinski definition) is 3. The van der Waals surface area contributed by atoms with Gasteiger partial charge in [-0.3, -0.25) is 0 Å². The molecule has 3 heteroatoms. The molecular formula is C12H25N3. The van der Waals surface area contributed by atoms with Crippen molar-refractivity contribution in [2.45, 2.75) is 39.5 Å². The van der Waals surface area contributed by atoms with Crippen LogP contribution in [0.1, 0.15) is 39.5 Å². The first kappa shape index (κ1) is 14.4. The lowest BCUT2D eigenvalue weighted by Gasteiger charge is -2.17. The summed E-state index contributed by atoms with van der Waals surface area (Å²) < 4.78 is 0. The van der Waals surface area contributed by atoms with Crippen molar-refractivity contribution in [1.82, 2.24) is 10.2 Å². The molecule has 0 aliphatic rings. The Labute approximate surface area is 94.5 Å². The molecule has 0 spiro atoms. The van der Waals surface area contributed by atoms with Crippen molar-refractivity contribution in [2.75, 3.05) is 32.7 Å². The summed E-state index contributed by atoms with van der Waals surface area (Å²) in [6.07, 6.45) is 4.07. The van der Waals surface area contributed by atoms with E-state index in [2.05, 4.69) is 30.1 Å². The molecule has 15 heavy (non-hydrogen) atoms. The smallest absolute Gasteiger partial charge is 0.0621 e. The Morgan fingerprint density at radius 3 is 2.33 bits per heavy atom. The first-order valence-electron chi connectivity index (χ1n) is 6.15. The lowest BCUT2D eigenvalue weighted by Crippen LogP contribution is -2.27. The third-order valence-electron chi connectivity index (χ3n) is 2.61. The molecule has 0 atom stereocenters. The molecule has 0 unspecified atom stereocenters. The number of nitrogens with zero attached hydrogens (tertiary/aromatic N) is 2. The van der Waals surface area contributed by atoms with Gasteiger partial charge in [0.1, 0.15) is 0 Å². The van der Waals surface area contributed by atoms with E-state index in [-0.39, 0.29) is 0 Å². The van der Waals surface area contributed by atoms with E-state index >= 15 is 0 Å². The molecule has 0 fully saturated rings. The van der Waals surface area contributed by atoms with Crippen LogP contribution in [0, 0.1) is 11.3 Å². The van der Waals surface area contributed by atoms with E-state index in [1.165, 1.54) is 13.0 Å². The van der Waals surface area contributed by atoms with E-state index in [0.29, 0.717) is 6.42 Å². The molecule has 0 amide bonds. The van der Waals surface area contributed by atoms with E-state index < -0.39 is 0 Å². The molecule has 0 heterocycles. The molecule has 0 saturated heterocycles. The molecule has 0 aromatic carbocycles. The molecule has 0 radical (unpaired) electrons. The maximum absolute atomic E-state index is 8.35. The molecular weight excluding hydrogens is 186 g/mol. The number of nitrogens with one attached hydrogen (secondary N) is 1. The third-order valence-corrected chi connectivity index (χ3v) is 2.61. The van der Waals surface area contributed by atoms with E-state index in [0.717, 1.165) is 39.0 Å². The summed E-state index contributed by atoms with van der Waals surface area (Å²) in [5.74, 6) is 0. The van der Waals surface area contributed by atoms with Gasteiger partial charge < -0.3 is 10.2 Å². The summed E-state index contributed by atoms with van der Waals surface area (Å²) in [6, 6.07) is 2.17. The van der Waals surface area contributed by atoms with Gasteiger partial charge in [-0.1, -0.05) is 13.8 Å². The van der Waals surface area contributed by atoms with E-state index in [9.17, 15) is 0 Å². The zero-order valence-electron chi connectivity index (χ0n) is 10.3. The zero-order valence-corrected chi connectivity index (χ0v) is 10.3. The Morgan fingerprint density at radius 1 is 1.07 bits per heavy atom. The lowest BCUT2D eigenvalue weighted by molar-refractivity contribution is 0.298. The van der Waals surface area contributed by atoms with Gasteiger partial charge in [-0.25, -0.2) is 0 Å². The third kappa shape index (κ3) is 9.71. The van der Waals surface area contributed by atoms with Crippen molar-refractivity contribution in [3.05, 3.63) is 0 Å². The molecule has 0 bridgehead atoms. The van der Waals surface area contributed by atoms with Crippen LogP contribution in [0.5, 0.6) is 0 Å². The molecule has 3 nitrogen and oxygen atoms in total. The molecule has 88 valence electrons. The van der Waals surface area contributed by atoms with E-state index in [1.54, 1.807) is 0 Å². The van der Waals surface area contributed by atoms with Gasteiger partial charge in [0.25, 0.3) is 0 Å². The van der Waals surface area contributed by atoms with Crippen LogP contribution in [-0.2, 0) is 0 Å². The first-order valence-corrected chi connectivity index (χ1v) is 6.15. The highest BCUT2D eigenvalue weighted by molar-refractivity contribution is 4.68. The van der Waals surface area contributed by atoms with Crippen LogP contribution in [0.15, 0.2) is 0 Å². The van der Waals surface area contributed by atoms with Crippen LogP contribution in [0.3, 0.4) is 0 Å². The topological polar surface area (TPSA) is 39.1 Å². The van der Waals surface area contributed by atoms with Crippen LogP contribution in [-0.4, -0.2) is 37.6 Å². The summed E-state index contributed by atoms with van der Waals surface area (Å²) in [7, 11) is 0. The number of rotatable bonds is 10. The van der Waals surface area contributed by atoms with Crippen LogP contribution in [0.4, 0.5) is 0 Å². The van der Waals surface area contributed by atoms with Gasteiger partial charge in [-0.2, -0.15) is 5.26 Å². The van der Waals surface area contributed by atoms with Gasteiger partial charge in [0.15, 0.2) is 0 Å². The minimum absolute atomic E-state index is 0.696. The number of unbranched alkanes of at least 4 members (excludes halogenated alkanes) is 2. The zero-order chi connectivity index (χ0) is 11.4. The normalized spacial score (nSPS) is 10.5. The van der Waals surface area contributed by atoms with Gasteiger partial charge in [-0.15, -0.1) is 0 Å². The molecule has 0 saturated carbocycles. The highest BCUT2D eigenvalue weighted by atomic mass is 15.1. The van der Waals surface area contributed by atoms with Crippen molar-refractivity contribution in [1.29, 1.82) is 5.26 Å². The second-order valence-electron chi connectivity index (χ2n) is 3.75. The highest BCUT2D eigenvalue weighted by Crippen LogP contribution is 1.92. The van der Waals surface area contributed by atoms with Crippen molar-refractivity contribution >= 4 is 0 Å². The summed E-state index contributed by atoms with van der Waals surface area (Å²) in [5, 5.41) is 11.8. The average Bonchev–Trinajstić information content (AvgIpc) is 2.27. The van der Waals surface area contributed by atoms with Gasteiger partial charge >= 0.3 is 0 Å². The Kier molecular flexibility index (Phi) is 11.0. The molecule has 0 aromatic heterocycles. The average molecular weight is 211 g/mol. The SMILES string of the molecule is CCN(CC)CCCNCCCCC#N. The Hall–Kier alpha value is -0.590. The maximum Gasteiger partial charge on any atom is 0.0621 e. The molecule has 0 aromatic rings. The Balaban J connectivity index is 3.08. The second kappa shape index (κ2) is 11.5. The number of nitriles is 1. The summed E-state index contributed by atoms with van der Waals surface area (Å²) in [4.78, 5) is 2.44. The van der Waals surface area contributed by atoms with Crippen LogP contribution >= 0.6 is 0 Å². The van der Waals surface area contributed by atoms with Crippen LogP contribution < -0.4 is 5.32 Å². The van der Waals surface area contributed by atoms with Gasteiger partial charge in [0.2, 0.25) is 0 Å². The van der Waals surface area contributed by atoms with E-state index in [4.69, 9.17) is 5.26 Å². The quantitative estimate of drug-likeness (QED) is 0.562. The van der Waals surface area contributed by atoms with Crippen molar-refractivity contribution in [3.8, 4) is 6.07 Å². The predicted octanol–water partition coefficient (Wildman–Crippen LogP) is 2.00. The van der Waals surface area contributed by atoms with Gasteiger partial charge in [0.05, 0.1) is 6.07 Å². The minimum Gasteiger partial charge on any atom is -0.317 e. The number of hydrogen-bond donors (Lipinski definition) is 1. The second-order valence-corrected chi connectivity index (χ2v) is 3.75. The van der Waals surface area contributed by atoms with Gasteiger partial charge in [-0.05, 0) is 52.0 Å². The molecule has 0 aliphatic carbocycles. The fourth-order valence-electron chi connectivity index (χ4n) is 1.55. The van der Waals surface area contributed by atoms with E-state index in [1.807, 2.05) is 0 Å². The molecule has 0 rings (SSSR count). The monoisotopic (exact) mass is 211 g/mol. The predicted molar refractivity (Wildman–Crippen MR) is 64.7 cm³/mol. The first-order chi connectivity index (χ1) is 7.35. The van der Waals surface area contributed by atoms with Crippen molar-refractivity contribution in [2.24, 2.45) is 0 Å². The maximum atomic E-state index is 8.35.